The molecule has 0 spiro atoms. The first-order valence-corrected chi connectivity index (χ1v) is 8.68. The van der Waals surface area contributed by atoms with Gasteiger partial charge in [-0.25, -0.2) is 4.98 Å². The molecule has 0 saturated heterocycles. The number of carbonyl (C=O) groups excluding carboxylic acids is 1. The molecule has 7 heteroatoms. The van der Waals surface area contributed by atoms with Gasteiger partial charge < -0.3 is 5.32 Å². The smallest absolute Gasteiger partial charge is 0.326 e. The van der Waals surface area contributed by atoms with Gasteiger partial charge in [0, 0.05) is 16.6 Å². The topological polar surface area (TPSA) is 42.0 Å². The molecule has 2 aromatic carbocycles. The van der Waals surface area contributed by atoms with Crippen molar-refractivity contribution in [3.05, 3.63) is 70.0 Å². The highest BCUT2D eigenvalue weighted by atomic mass is 32.1. The molecule has 26 heavy (non-hydrogen) atoms. The van der Waals surface area contributed by atoms with Crippen LogP contribution in [0.2, 0.25) is 0 Å². The molecule has 3 rings (SSSR count). The molecule has 0 radical (unpaired) electrons. The first-order chi connectivity index (χ1) is 12.3. The fourth-order valence-electron chi connectivity index (χ4n) is 2.36. The van der Waals surface area contributed by atoms with Gasteiger partial charge in [0.1, 0.15) is 5.01 Å². The standard InChI is InChI=1S/C19H15F3N2OS/c1-12-5-7-15(8-6-12)23-17(25)10-18-24-16(11-26-18)13-3-2-4-14(9-13)19(20,21)22/h2-9,11H,10H2,1H3,(H,23,25). The molecule has 1 aromatic heterocycles. The quantitative estimate of drug-likeness (QED) is 0.670. The van der Waals surface area contributed by atoms with E-state index in [4.69, 9.17) is 0 Å². The number of nitrogens with zero attached hydrogens (tertiary/aromatic N) is 1. The molecule has 0 unspecified atom stereocenters. The van der Waals surface area contributed by atoms with Gasteiger partial charge in [0.05, 0.1) is 17.7 Å². The Labute approximate surface area is 152 Å². The van der Waals surface area contributed by atoms with Crippen molar-refractivity contribution in [3.8, 4) is 11.3 Å². The molecule has 134 valence electrons. The van der Waals surface area contributed by atoms with Crippen LogP contribution < -0.4 is 5.32 Å². The molecule has 1 heterocycles. The van der Waals surface area contributed by atoms with Crippen LogP contribution in [0.5, 0.6) is 0 Å². The Morgan fingerprint density at radius 3 is 2.58 bits per heavy atom. The number of benzene rings is 2. The molecule has 0 aliphatic carbocycles. The van der Waals surface area contributed by atoms with Crippen LogP contribution in [0.4, 0.5) is 18.9 Å². The van der Waals surface area contributed by atoms with Gasteiger partial charge in [-0.15, -0.1) is 11.3 Å². The van der Waals surface area contributed by atoms with E-state index in [1.165, 1.54) is 17.4 Å². The lowest BCUT2D eigenvalue weighted by Crippen LogP contribution is -2.14. The Balaban J connectivity index is 1.70. The lowest BCUT2D eigenvalue weighted by Gasteiger charge is -2.07. The van der Waals surface area contributed by atoms with Gasteiger partial charge in [-0.05, 0) is 31.2 Å². The number of hydrogen-bond acceptors (Lipinski definition) is 3. The molecular formula is C19H15F3N2OS. The zero-order valence-electron chi connectivity index (χ0n) is 13.8. The van der Waals surface area contributed by atoms with E-state index in [0.29, 0.717) is 22.0 Å². The molecule has 3 nitrogen and oxygen atoms in total. The summed E-state index contributed by atoms with van der Waals surface area (Å²) < 4.78 is 38.5. The van der Waals surface area contributed by atoms with Crippen LogP contribution >= 0.6 is 11.3 Å². The number of carbonyl (C=O) groups is 1. The summed E-state index contributed by atoms with van der Waals surface area (Å²) in [4.78, 5) is 16.4. The van der Waals surface area contributed by atoms with E-state index in [1.54, 1.807) is 11.4 Å². The number of rotatable bonds is 4. The summed E-state index contributed by atoms with van der Waals surface area (Å²) in [5.41, 5.74) is 1.87. The highest BCUT2D eigenvalue weighted by Gasteiger charge is 2.30. The molecular weight excluding hydrogens is 361 g/mol. The second-order valence-electron chi connectivity index (χ2n) is 5.80. The summed E-state index contributed by atoms with van der Waals surface area (Å²) in [7, 11) is 0. The molecule has 0 saturated carbocycles. The fourth-order valence-corrected chi connectivity index (χ4v) is 3.16. The van der Waals surface area contributed by atoms with E-state index in [-0.39, 0.29) is 12.3 Å². The number of anilines is 1. The number of aryl methyl sites for hydroxylation is 1. The second-order valence-corrected chi connectivity index (χ2v) is 6.74. The van der Waals surface area contributed by atoms with Crippen LogP contribution in [0.15, 0.2) is 53.9 Å². The SMILES string of the molecule is Cc1ccc(NC(=O)Cc2nc(-c3cccc(C(F)(F)F)c3)cs2)cc1. The van der Waals surface area contributed by atoms with Crippen molar-refractivity contribution in [1.29, 1.82) is 0 Å². The summed E-state index contributed by atoms with van der Waals surface area (Å²) in [5.74, 6) is -0.223. The van der Waals surface area contributed by atoms with Crippen LogP contribution in [0.3, 0.4) is 0 Å². The summed E-state index contributed by atoms with van der Waals surface area (Å²) in [5, 5.41) is 4.97. The maximum atomic E-state index is 12.8. The van der Waals surface area contributed by atoms with Crippen molar-refractivity contribution in [3.63, 3.8) is 0 Å². The van der Waals surface area contributed by atoms with E-state index in [1.807, 2.05) is 31.2 Å². The normalized spacial score (nSPS) is 11.4. The van der Waals surface area contributed by atoms with E-state index < -0.39 is 11.7 Å². The highest BCUT2D eigenvalue weighted by Crippen LogP contribution is 2.32. The Hall–Kier alpha value is -2.67. The predicted octanol–water partition coefficient (Wildman–Crippen LogP) is 5.32. The Kier molecular flexibility index (Phi) is 5.08. The zero-order valence-corrected chi connectivity index (χ0v) is 14.6. The molecule has 0 fully saturated rings. The lowest BCUT2D eigenvalue weighted by atomic mass is 10.1. The minimum atomic E-state index is -4.40. The largest absolute Gasteiger partial charge is 0.416 e. The maximum absolute atomic E-state index is 12.8. The number of aromatic nitrogens is 1. The van der Waals surface area contributed by atoms with Crippen LogP contribution in [0, 0.1) is 6.92 Å². The molecule has 0 atom stereocenters. The van der Waals surface area contributed by atoms with Gasteiger partial charge in [0.25, 0.3) is 0 Å². The van der Waals surface area contributed by atoms with Crippen molar-refractivity contribution in [2.24, 2.45) is 0 Å². The van der Waals surface area contributed by atoms with E-state index in [2.05, 4.69) is 10.3 Å². The van der Waals surface area contributed by atoms with E-state index >= 15 is 0 Å². The van der Waals surface area contributed by atoms with Gasteiger partial charge >= 0.3 is 6.18 Å². The van der Waals surface area contributed by atoms with Crippen LogP contribution in [0.25, 0.3) is 11.3 Å². The first kappa shape index (κ1) is 18.1. The van der Waals surface area contributed by atoms with E-state index in [0.717, 1.165) is 17.7 Å². The third-order valence-corrected chi connectivity index (χ3v) is 4.53. The fraction of sp³-hybridized carbons (Fsp3) is 0.158. The monoisotopic (exact) mass is 376 g/mol. The summed E-state index contributed by atoms with van der Waals surface area (Å²) in [6.07, 6.45) is -4.33. The summed E-state index contributed by atoms with van der Waals surface area (Å²) >= 11 is 1.25. The average Bonchev–Trinajstić information content (AvgIpc) is 3.05. The van der Waals surface area contributed by atoms with Crippen molar-refractivity contribution >= 4 is 22.9 Å². The minimum Gasteiger partial charge on any atom is -0.326 e. The van der Waals surface area contributed by atoms with Gasteiger partial charge in [0.2, 0.25) is 5.91 Å². The third kappa shape index (κ3) is 4.49. The Bertz CT molecular complexity index is 917. The molecule has 1 amide bonds. The van der Waals surface area contributed by atoms with Gasteiger partial charge in [-0.3, -0.25) is 4.79 Å². The number of alkyl halides is 3. The summed E-state index contributed by atoms with van der Waals surface area (Å²) in [6, 6.07) is 12.4. The predicted molar refractivity (Wildman–Crippen MR) is 96.1 cm³/mol. The van der Waals surface area contributed by atoms with Crippen LogP contribution in [-0.4, -0.2) is 10.9 Å². The van der Waals surface area contributed by atoms with Crippen molar-refractivity contribution in [2.75, 3.05) is 5.32 Å². The molecule has 3 aromatic rings. The van der Waals surface area contributed by atoms with Gasteiger partial charge in [-0.2, -0.15) is 13.2 Å². The number of hydrogen-bond donors (Lipinski definition) is 1. The highest BCUT2D eigenvalue weighted by molar-refractivity contribution is 7.10. The van der Waals surface area contributed by atoms with Crippen LogP contribution in [0.1, 0.15) is 16.1 Å². The number of nitrogens with one attached hydrogen (secondary N) is 1. The molecule has 0 aliphatic rings. The van der Waals surface area contributed by atoms with Gasteiger partial charge in [0.15, 0.2) is 0 Å². The molecule has 1 N–H and O–H groups in total. The number of amides is 1. The van der Waals surface area contributed by atoms with Gasteiger partial charge in [-0.1, -0.05) is 29.8 Å². The number of halogens is 3. The number of thiazole rings is 1. The minimum absolute atomic E-state index is 0.0670. The molecule has 0 aliphatic heterocycles. The Morgan fingerprint density at radius 2 is 1.88 bits per heavy atom. The van der Waals surface area contributed by atoms with Crippen molar-refractivity contribution in [1.82, 2.24) is 4.98 Å². The van der Waals surface area contributed by atoms with Crippen molar-refractivity contribution < 1.29 is 18.0 Å². The second kappa shape index (κ2) is 7.29. The Morgan fingerprint density at radius 1 is 1.15 bits per heavy atom. The maximum Gasteiger partial charge on any atom is 0.416 e. The summed E-state index contributed by atoms with van der Waals surface area (Å²) in [6.45, 7) is 1.95. The first-order valence-electron chi connectivity index (χ1n) is 7.80. The zero-order chi connectivity index (χ0) is 18.7. The lowest BCUT2D eigenvalue weighted by molar-refractivity contribution is -0.137. The van der Waals surface area contributed by atoms with E-state index in [9.17, 15) is 18.0 Å². The van der Waals surface area contributed by atoms with Crippen LogP contribution in [-0.2, 0) is 17.4 Å². The molecule has 0 bridgehead atoms. The van der Waals surface area contributed by atoms with Crippen molar-refractivity contribution in [2.45, 2.75) is 19.5 Å². The third-order valence-electron chi connectivity index (χ3n) is 3.68. The average molecular weight is 376 g/mol.